The summed E-state index contributed by atoms with van der Waals surface area (Å²) in [5.41, 5.74) is 3.87. The topological polar surface area (TPSA) is 108 Å². The van der Waals surface area contributed by atoms with Gasteiger partial charge in [-0.3, -0.25) is 0 Å². The van der Waals surface area contributed by atoms with Gasteiger partial charge >= 0.3 is 5.97 Å². The van der Waals surface area contributed by atoms with Crippen molar-refractivity contribution in [2.24, 2.45) is 0 Å². The molecule has 0 radical (unpaired) electrons. The van der Waals surface area contributed by atoms with Crippen LogP contribution in [0.15, 0.2) is 66.7 Å². The van der Waals surface area contributed by atoms with Gasteiger partial charge in [-0.2, -0.15) is 5.26 Å². The Labute approximate surface area is 184 Å². The lowest BCUT2D eigenvalue weighted by Crippen LogP contribution is -2.00. The normalized spacial score (nSPS) is 11.2. The smallest absolute Gasteiger partial charge is 0.335 e. The molecule has 0 unspecified atom stereocenters. The zero-order valence-electron chi connectivity index (χ0n) is 17.2. The van der Waals surface area contributed by atoms with Gasteiger partial charge in [0.05, 0.1) is 29.3 Å². The maximum absolute atomic E-state index is 11.0. The summed E-state index contributed by atoms with van der Waals surface area (Å²) in [4.78, 5) is 18.6. The Balaban J connectivity index is 1.54. The van der Waals surface area contributed by atoms with E-state index in [0.29, 0.717) is 22.9 Å². The largest absolute Gasteiger partial charge is 0.493 e. The van der Waals surface area contributed by atoms with Crippen LogP contribution in [0.5, 0.6) is 11.5 Å². The number of carbonyl (C=O) groups is 1. The van der Waals surface area contributed by atoms with Crippen LogP contribution in [0.2, 0.25) is 0 Å². The summed E-state index contributed by atoms with van der Waals surface area (Å²) in [7, 11) is 1.54. The number of imidazole rings is 1. The minimum Gasteiger partial charge on any atom is -0.493 e. The number of carboxylic acid groups (broad SMARTS) is 1. The number of carboxylic acids is 1. The molecule has 0 bridgehead atoms. The monoisotopic (exact) mass is 425 g/mol. The Morgan fingerprint density at radius 1 is 1.12 bits per heavy atom. The number of para-hydroxylation sites is 2. The van der Waals surface area contributed by atoms with Gasteiger partial charge in [0.25, 0.3) is 0 Å². The number of ether oxygens (including phenoxy) is 2. The van der Waals surface area contributed by atoms with Crippen LogP contribution in [0.4, 0.5) is 0 Å². The van der Waals surface area contributed by atoms with Crippen LogP contribution in [0.1, 0.15) is 27.3 Å². The molecule has 0 saturated heterocycles. The van der Waals surface area contributed by atoms with E-state index in [1.54, 1.807) is 37.5 Å². The second-order valence-electron chi connectivity index (χ2n) is 6.97. The van der Waals surface area contributed by atoms with E-state index in [9.17, 15) is 10.1 Å². The standard InChI is InChI=1S/C25H19N3O4/c1-31-23-13-17(12-19(14-26)24-27-20-4-2-3-5-21(20)28-24)8-11-22(23)32-15-16-6-9-18(10-7-16)25(29)30/h2-13H,15H2,1H3,(H,27,28)(H,29,30)/b19-12+. The SMILES string of the molecule is COc1cc(/C=C(\C#N)c2nc3ccccc3[nH]2)ccc1OCc1ccc(C(=O)O)cc1. The number of hydrogen-bond donors (Lipinski definition) is 2. The fraction of sp³-hybridized carbons (Fsp3) is 0.0800. The van der Waals surface area contributed by atoms with E-state index in [1.165, 1.54) is 12.1 Å². The number of benzene rings is 3. The first kappa shape index (κ1) is 20.7. The van der Waals surface area contributed by atoms with Crippen molar-refractivity contribution in [3.63, 3.8) is 0 Å². The Kier molecular flexibility index (Phi) is 5.86. The molecule has 4 rings (SSSR count). The molecule has 4 aromatic rings. The van der Waals surface area contributed by atoms with E-state index >= 15 is 0 Å². The zero-order chi connectivity index (χ0) is 22.5. The molecule has 0 atom stereocenters. The minimum absolute atomic E-state index is 0.222. The number of aromatic nitrogens is 2. The summed E-state index contributed by atoms with van der Waals surface area (Å²) in [6.07, 6.45) is 1.73. The summed E-state index contributed by atoms with van der Waals surface area (Å²) in [5.74, 6) is 0.581. The number of rotatable bonds is 7. The quantitative estimate of drug-likeness (QED) is 0.407. The molecule has 32 heavy (non-hydrogen) atoms. The van der Waals surface area contributed by atoms with Crippen LogP contribution in [-0.2, 0) is 6.61 Å². The highest BCUT2D eigenvalue weighted by molar-refractivity contribution is 5.90. The highest BCUT2D eigenvalue weighted by Crippen LogP contribution is 2.30. The molecule has 0 fully saturated rings. The van der Waals surface area contributed by atoms with Crippen molar-refractivity contribution in [3.8, 4) is 17.6 Å². The number of fused-ring (bicyclic) bond motifs is 1. The highest BCUT2D eigenvalue weighted by atomic mass is 16.5. The minimum atomic E-state index is -0.970. The number of hydrogen-bond acceptors (Lipinski definition) is 5. The summed E-state index contributed by atoms with van der Waals surface area (Å²) >= 11 is 0. The summed E-state index contributed by atoms with van der Waals surface area (Å²) in [6.45, 7) is 0.258. The lowest BCUT2D eigenvalue weighted by Gasteiger charge is -2.12. The Morgan fingerprint density at radius 2 is 1.91 bits per heavy atom. The lowest BCUT2D eigenvalue weighted by molar-refractivity contribution is 0.0697. The van der Waals surface area contributed by atoms with Crippen LogP contribution in [0.3, 0.4) is 0 Å². The third-order valence-electron chi connectivity index (χ3n) is 4.86. The molecule has 1 heterocycles. The van der Waals surface area contributed by atoms with Crippen molar-refractivity contribution >= 4 is 28.7 Å². The third kappa shape index (κ3) is 4.45. The number of nitrogens with one attached hydrogen (secondary N) is 1. The Hall–Kier alpha value is -4.57. The van der Waals surface area contributed by atoms with E-state index in [1.807, 2.05) is 30.3 Å². The Bertz CT molecular complexity index is 1310. The molecule has 0 aliphatic heterocycles. The van der Waals surface area contributed by atoms with Crippen molar-refractivity contribution in [1.82, 2.24) is 9.97 Å². The highest BCUT2D eigenvalue weighted by Gasteiger charge is 2.10. The number of nitriles is 1. The van der Waals surface area contributed by atoms with Gasteiger partial charge in [0, 0.05) is 0 Å². The molecule has 7 nitrogen and oxygen atoms in total. The average Bonchev–Trinajstić information content (AvgIpc) is 3.25. The van der Waals surface area contributed by atoms with Gasteiger partial charge in [0.15, 0.2) is 11.5 Å². The fourth-order valence-corrected chi connectivity index (χ4v) is 3.20. The molecule has 3 aromatic carbocycles. The average molecular weight is 425 g/mol. The van der Waals surface area contributed by atoms with E-state index in [-0.39, 0.29) is 12.2 Å². The fourth-order valence-electron chi connectivity index (χ4n) is 3.20. The van der Waals surface area contributed by atoms with Gasteiger partial charge in [0.2, 0.25) is 0 Å². The van der Waals surface area contributed by atoms with Crippen molar-refractivity contribution in [2.45, 2.75) is 6.61 Å². The van der Waals surface area contributed by atoms with Crippen LogP contribution >= 0.6 is 0 Å². The first-order chi connectivity index (χ1) is 15.6. The van der Waals surface area contributed by atoms with Gasteiger partial charge < -0.3 is 19.6 Å². The molecule has 7 heteroatoms. The summed E-state index contributed by atoms with van der Waals surface area (Å²) in [5, 5.41) is 18.6. The van der Waals surface area contributed by atoms with Crippen molar-refractivity contribution < 1.29 is 19.4 Å². The molecule has 2 N–H and O–H groups in total. The second kappa shape index (κ2) is 9.06. The van der Waals surface area contributed by atoms with E-state index in [0.717, 1.165) is 22.2 Å². The maximum Gasteiger partial charge on any atom is 0.335 e. The van der Waals surface area contributed by atoms with Gasteiger partial charge in [-0.1, -0.05) is 30.3 Å². The number of nitrogens with zero attached hydrogens (tertiary/aromatic N) is 2. The molecule has 0 aliphatic carbocycles. The van der Waals surface area contributed by atoms with E-state index in [4.69, 9.17) is 14.6 Å². The number of aromatic carboxylic acids is 1. The molecule has 0 saturated carbocycles. The molecule has 0 aliphatic rings. The van der Waals surface area contributed by atoms with Crippen LogP contribution < -0.4 is 9.47 Å². The summed E-state index contributed by atoms with van der Waals surface area (Å²) in [6, 6.07) is 21.6. The molecule has 1 aromatic heterocycles. The predicted octanol–water partition coefficient (Wildman–Crippen LogP) is 4.91. The van der Waals surface area contributed by atoms with Gasteiger partial charge in [-0.25, -0.2) is 9.78 Å². The Morgan fingerprint density at radius 3 is 2.59 bits per heavy atom. The molecular weight excluding hydrogens is 406 g/mol. The molecule has 0 spiro atoms. The first-order valence-corrected chi connectivity index (χ1v) is 9.77. The number of methoxy groups -OCH3 is 1. The third-order valence-corrected chi connectivity index (χ3v) is 4.86. The van der Waals surface area contributed by atoms with Gasteiger partial charge in [-0.15, -0.1) is 0 Å². The molecule has 0 amide bonds. The number of allylic oxidation sites excluding steroid dienone is 1. The predicted molar refractivity (Wildman–Crippen MR) is 120 cm³/mol. The van der Waals surface area contributed by atoms with E-state index in [2.05, 4.69) is 16.0 Å². The van der Waals surface area contributed by atoms with Crippen molar-refractivity contribution in [1.29, 1.82) is 5.26 Å². The molecular formula is C25H19N3O4. The summed E-state index contributed by atoms with van der Waals surface area (Å²) < 4.78 is 11.3. The van der Waals surface area contributed by atoms with Crippen molar-refractivity contribution in [2.75, 3.05) is 7.11 Å². The lowest BCUT2D eigenvalue weighted by atomic mass is 10.1. The number of aromatic amines is 1. The van der Waals surface area contributed by atoms with Gasteiger partial charge in [0.1, 0.15) is 18.5 Å². The molecule has 158 valence electrons. The first-order valence-electron chi connectivity index (χ1n) is 9.77. The maximum atomic E-state index is 11.0. The van der Waals surface area contributed by atoms with Gasteiger partial charge in [-0.05, 0) is 53.6 Å². The van der Waals surface area contributed by atoms with Crippen LogP contribution in [0.25, 0.3) is 22.7 Å². The van der Waals surface area contributed by atoms with E-state index < -0.39 is 5.97 Å². The van der Waals surface area contributed by atoms with Crippen LogP contribution in [0, 0.1) is 11.3 Å². The van der Waals surface area contributed by atoms with Crippen molar-refractivity contribution in [3.05, 3.63) is 89.2 Å². The number of H-pyrrole nitrogens is 1. The zero-order valence-corrected chi connectivity index (χ0v) is 17.2. The van der Waals surface area contributed by atoms with Crippen LogP contribution in [-0.4, -0.2) is 28.2 Å². The second-order valence-corrected chi connectivity index (χ2v) is 6.97.